The molecule has 2 amide bonds. The number of hydrogen-bond donors (Lipinski definition) is 0. The maximum atomic E-state index is 12.5. The van der Waals surface area contributed by atoms with E-state index in [4.69, 9.17) is 0 Å². The van der Waals surface area contributed by atoms with Crippen LogP contribution in [-0.4, -0.2) is 91.0 Å². The number of amides is 2. The van der Waals surface area contributed by atoms with Crippen LogP contribution in [0.1, 0.15) is 59.8 Å². The molecule has 8 nitrogen and oxygen atoms in total. The van der Waals surface area contributed by atoms with Gasteiger partial charge < -0.3 is 9.80 Å². The fraction of sp³-hybridized carbons (Fsp3) is 0.895. The summed E-state index contributed by atoms with van der Waals surface area (Å²) >= 11 is 0. The highest BCUT2D eigenvalue weighted by Crippen LogP contribution is 2.14. The third kappa shape index (κ3) is 7.00. The summed E-state index contributed by atoms with van der Waals surface area (Å²) in [4.78, 5) is 28.3. The Hall–Kier alpha value is -1.19. The van der Waals surface area contributed by atoms with Crippen LogP contribution in [0.4, 0.5) is 0 Å². The molecule has 0 aromatic heterocycles. The van der Waals surface area contributed by atoms with Crippen LogP contribution >= 0.6 is 0 Å². The van der Waals surface area contributed by atoms with Gasteiger partial charge in [-0.2, -0.15) is 17.0 Å². The van der Waals surface area contributed by atoms with E-state index in [1.165, 1.54) is 8.61 Å². The summed E-state index contributed by atoms with van der Waals surface area (Å²) in [5.41, 5.74) is 0. The fourth-order valence-corrected chi connectivity index (χ4v) is 5.09. The van der Waals surface area contributed by atoms with E-state index in [0.29, 0.717) is 58.5 Å². The molecule has 0 bridgehead atoms. The molecule has 1 heterocycles. The predicted molar refractivity (Wildman–Crippen MR) is 111 cm³/mol. The SMILES string of the molecule is CCCN(CCC)C(=O)CCCC(=O)N1CCN(S(=O)(=O)N(CC)CC)CC1. The maximum Gasteiger partial charge on any atom is 0.282 e. The number of hydrogen-bond acceptors (Lipinski definition) is 4. The Morgan fingerprint density at radius 2 is 1.39 bits per heavy atom. The Kier molecular flexibility index (Phi) is 11.0. The van der Waals surface area contributed by atoms with Gasteiger partial charge in [0, 0.05) is 65.2 Å². The van der Waals surface area contributed by atoms with Crippen LogP contribution < -0.4 is 0 Å². The highest BCUT2D eigenvalue weighted by atomic mass is 32.2. The van der Waals surface area contributed by atoms with Gasteiger partial charge >= 0.3 is 0 Å². The van der Waals surface area contributed by atoms with Gasteiger partial charge in [-0.05, 0) is 19.3 Å². The first-order valence-corrected chi connectivity index (χ1v) is 12.0. The molecule has 9 heteroatoms. The number of carbonyl (C=O) groups excluding carboxylic acids is 2. The summed E-state index contributed by atoms with van der Waals surface area (Å²) in [7, 11) is -3.44. The van der Waals surface area contributed by atoms with Crippen LogP contribution in [0.2, 0.25) is 0 Å². The van der Waals surface area contributed by atoms with Crippen LogP contribution in [0, 0.1) is 0 Å². The quantitative estimate of drug-likeness (QED) is 0.481. The van der Waals surface area contributed by atoms with Gasteiger partial charge in [0.15, 0.2) is 0 Å². The highest BCUT2D eigenvalue weighted by Gasteiger charge is 2.31. The summed E-state index contributed by atoms with van der Waals surface area (Å²) in [5, 5.41) is 0. The molecule has 0 atom stereocenters. The monoisotopic (exact) mass is 418 g/mol. The summed E-state index contributed by atoms with van der Waals surface area (Å²) in [6.07, 6.45) is 3.14. The molecule has 0 aromatic rings. The minimum atomic E-state index is -3.44. The van der Waals surface area contributed by atoms with Gasteiger partial charge in [-0.3, -0.25) is 9.59 Å². The van der Waals surface area contributed by atoms with Gasteiger partial charge in [0.05, 0.1) is 0 Å². The zero-order valence-electron chi connectivity index (χ0n) is 18.0. The third-order valence-electron chi connectivity index (χ3n) is 5.07. The molecule has 0 N–H and O–H groups in total. The Balaban J connectivity index is 2.43. The van der Waals surface area contributed by atoms with Crippen molar-refractivity contribution in [3.8, 4) is 0 Å². The Morgan fingerprint density at radius 3 is 1.86 bits per heavy atom. The molecule has 1 saturated heterocycles. The van der Waals surface area contributed by atoms with Crippen LogP contribution in [0.25, 0.3) is 0 Å². The van der Waals surface area contributed by atoms with E-state index in [1.807, 2.05) is 18.7 Å². The second kappa shape index (κ2) is 12.4. The summed E-state index contributed by atoms with van der Waals surface area (Å²) in [6.45, 7) is 11.6. The molecule has 28 heavy (non-hydrogen) atoms. The lowest BCUT2D eigenvalue weighted by molar-refractivity contribution is -0.133. The topological polar surface area (TPSA) is 81.2 Å². The molecule has 1 rings (SSSR count). The molecular formula is C19H38N4O4S. The van der Waals surface area contributed by atoms with Gasteiger partial charge in [-0.15, -0.1) is 0 Å². The van der Waals surface area contributed by atoms with Crippen molar-refractivity contribution in [2.75, 3.05) is 52.4 Å². The molecule has 1 fully saturated rings. The molecule has 0 spiro atoms. The van der Waals surface area contributed by atoms with Crippen LogP contribution in [0.3, 0.4) is 0 Å². The maximum absolute atomic E-state index is 12.5. The number of nitrogens with zero attached hydrogens (tertiary/aromatic N) is 4. The number of carbonyl (C=O) groups is 2. The number of piperazine rings is 1. The fourth-order valence-electron chi connectivity index (χ4n) is 3.49. The zero-order chi connectivity index (χ0) is 21.2. The standard InChI is InChI=1S/C19H38N4O4S/c1-5-12-20(13-6-2)18(24)10-9-11-19(25)21-14-16-23(17-15-21)28(26,27)22(7-3)8-4/h5-17H2,1-4H3. The molecule has 0 saturated carbocycles. The molecule has 1 aliphatic rings. The lowest BCUT2D eigenvalue weighted by Gasteiger charge is -2.36. The predicted octanol–water partition coefficient (Wildman–Crippen LogP) is 1.54. The Bertz CT molecular complexity index is 579. The van der Waals surface area contributed by atoms with Gasteiger partial charge in [0.25, 0.3) is 10.2 Å². The van der Waals surface area contributed by atoms with Gasteiger partial charge in [-0.1, -0.05) is 27.7 Å². The summed E-state index contributed by atoms with van der Waals surface area (Å²) in [6, 6.07) is 0. The van der Waals surface area contributed by atoms with E-state index < -0.39 is 10.2 Å². The van der Waals surface area contributed by atoms with Crippen LogP contribution in [-0.2, 0) is 19.8 Å². The minimum absolute atomic E-state index is 0.00483. The van der Waals surface area contributed by atoms with Crippen molar-refractivity contribution in [3.63, 3.8) is 0 Å². The molecule has 0 aliphatic carbocycles. The highest BCUT2D eigenvalue weighted by molar-refractivity contribution is 7.86. The van der Waals surface area contributed by atoms with Crippen LogP contribution in [0.5, 0.6) is 0 Å². The normalized spacial score (nSPS) is 15.8. The Labute approximate surface area is 171 Å². The lowest BCUT2D eigenvalue weighted by atomic mass is 10.2. The molecule has 0 radical (unpaired) electrons. The average Bonchev–Trinajstić information content (AvgIpc) is 2.68. The van der Waals surface area contributed by atoms with Gasteiger partial charge in [0.1, 0.15) is 0 Å². The first-order chi connectivity index (χ1) is 13.3. The second-order valence-electron chi connectivity index (χ2n) is 7.11. The number of rotatable bonds is 12. The minimum Gasteiger partial charge on any atom is -0.343 e. The van der Waals surface area contributed by atoms with Crippen molar-refractivity contribution >= 4 is 22.0 Å². The van der Waals surface area contributed by atoms with Crippen molar-refractivity contribution in [1.82, 2.24) is 18.4 Å². The van der Waals surface area contributed by atoms with E-state index in [0.717, 1.165) is 25.9 Å². The van der Waals surface area contributed by atoms with Crippen molar-refractivity contribution in [1.29, 1.82) is 0 Å². The van der Waals surface area contributed by atoms with Gasteiger partial charge in [0.2, 0.25) is 11.8 Å². The van der Waals surface area contributed by atoms with E-state index >= 15 is 0 Å². The first kappa shape index (κ1) is 24.8. The zero-order valence-corrected chi connectivity index (χ0v) is 18.8. The molecule has 1 aliphatic heterocycles. The first-order valence-electron chi connectivity index (χ1n) is 10.6. The molecule has 164 valence electrons. The molecular weight excluding hydrogens is 380 g/mol. The molecule has 0 aromatic carbocycles. The van der Waals surface area contributed by atoms with E-state index in [-0.39, 0.29) is 11.8 Å². The van der Waals surface area contributed by atoms with E-state index in [9.17, 15) is 18.0 Å². The van der Waals surface area contributed by atoms with E-state index in [2.05, 4.69) is 13.8 Å². The van der Waals surface area contributed by atoms with Crippen LogP contribution in [0.15, 0.2) is 0 Å². The average molecular weight is 419 g/mol. The lowest BCUT2D eigenvalue weighted by Crippen LogP contribution is -2.54. The third-order valence-corrected chi connectivity index (χ3v) is 7.26. The van der Waals surface area contributed by atoms with Gasteiger partial charge in [-0.25, -0.2) is 0 Å². The van der Waals surface area contributed by atoms with Crippen molar-refractivity contribution < 1.29 is 18.0 Å². The van der Waals surface area contributed by atoms with E-state index in [1.54, 1.807) is 4.90 Å². The second-order valence-corrected chi connectivity index (χ2v) is 9.03. The largest absolute Gasteiger partial charge is 0.343 e. The summed E-state index contributed by atoms with van der Waals surface area (Å²) in [5.74, 6) is 0.122. The van der Waals surface area contributed by atoms with Crippen molar-refractivity contribution in [3.05, 3.63) is 0 Å². The smallest absolute Gasteiger partial charge is 0.282 e. The molecule has 0 unspecified atom stereocenters. The summed E-state index contributed by atoms with van der Waals surface area (Å²) < 4.78 is 28.0. The Morgan fingerprint density at radius 1 is 0.857 bits per heavy atom. The van der Waals surface area contributed by atoms with Crippen molar-refractivity contribution in [2.45, 2.75) is 59.8 Å². The van der Waals surface area contributed by atoms with Crippen molar-refractivity contribution in [2.24, 2.45) is 0 Å².